The molecule has 0 spiro atoms. The molecule has 2 aromatic rings. The van der Waals surface area contributed by atoms with Crippen molar-refractivity contribution in [2.75, 3.05) is 46.4 Å². The van der Waals surface area contributed by atoms with Gasteiger partial charge in [0.1, 0.15) is 0 Å². The molecule has 0 radical (unpaired) electrons. The van der Waals surface area contributed by atoms with Crippen molar-refractivity contribution >= 4 is 0 Å². The molecule has 7 nitrogen and oxygen atoms in total. The van der Waals surface area contributed by atoms with E-state index in [1.807, 2.05) is 43.3 Å². The van der Waals surface area contributed by atoms with E-state index in [9.17, 15) is 5.11 Å². The molecule has 0 aliphatic carbocycles. The Morgan fingerprint density at radius 2 is 2.16 bits per heavy atom. The number of hydrogen-bond acceptors (Lipinski definition) is 6. The predicted molar refractivity (Wildman–Crippen MR) is 96.0 cm³/mol. The number of morpholine rings is 1. The zero-order valence-corrected chi connectivity index (χ0v) is 15.0. The lowest BCUT2D eigenvalue weighted by atomic mass is 10.1. The quantitative estimate of drug-likeness (QED) is 0.793. The van der Waals surface area contributed by atoms with E-state index in [0.29, 0.717) is 13.1 Å². The fourth-order valence-corrected chi connectivity index (χ4v) is 3.25. The number of rotatable bonds is 7. The van der Waals surface area contributed by atoms with Gasteiger partial charge in [-0.15, -0.1) is 0 Å². The molecule has 1 aliphatic rings. The molecule has 0 saturated carbocycles. The van der Waals surface area contributed by atoms with Gasteiger partial charge in [0, 0.05) is 69.5 Å². The molecule has 3 rings (SSSR count). The first-order valence-corrected chi connectivity index (χ1v) is 8.71. The molecule has 136 valence electrons. The fraction of sp³-hybridized carbons (Fsp3) is 0.556. The Labute approximate surface area is 148 Å². The molecule has 1 fully saturated rings. The van der Waals surface area contributed by atoms with Crippen molar-refractivity contribution in [1.82, 2.24) is 24.6 Å². The van der Waals surface area contributed by atoms with E-state index in [1.165, 1.54) is 0 Å². The van der Waals surface area contributed by atoms with Crippen molar-refractivity contribution in [3.8, 4) is 11.3 Å². The molecule has 1 unspecified atom stereocenters. The molecule has 1 aliphatic heterocycles. The van der Waals surface area contributed by atoms with Gasteiger partial charge in [-0.1, -0.05) is 0 Å². The first-order valence-electron chi connectivity index (χ1n) is 8.71. The number of nitrogens with zero attached hydrogens (tertiary/aromatic N) is 5. The standard InChI is InChI=1S/C18H27N5O2/c1-21(13-17(24)14-23-6-8-25-9-7-23)11-16-12-22(2)20-18(16)15-4-3-5-19-10-15/h3-5,10,12,17,24H,6-9,11,13-14H2,1-2H3. The fourth-order valence-electron chi connectivity index (χ4n) is 3.25. The molecule has 0 amide bonds. The zero-order chi connectivity index (χ0) is 17.6. The van der Waals surface area contributed by atoms with E-state index in [4.69, 9.17) is 4.74 Å². The number of pyridine rings is 1. The maximum Gasteiger partial charge on any atom is 0.0983 e. The first kappa shape index (κ1) is 18.0. The van der Waals surface area contributed by atoms with Crippen molar-refractivity contribution in [3.05, 3.63) is 36.3 Å². The zero-order valence-electron chi connectivity index (χ0n) is 15.0. The highest BCUT2D eigenvalue weighted by molar-refractivity contribution is 5.61. The molecule has 3 heterocycles. The van der Waals surface area contributed by atoms with Crippen LogP contribution < -0.4 is 0 Å². The Balaban J connectivity index is 1.58. The van der Waals surface area contributed by atoms with Gasteiger partial charge in [0.15, 0.2) is 0 Å². The summed E-state index contributed by atoms with van der Waals surface area (Å²) in [4.78, 5) is 8.58. The smallest absolute Gasteiger partial charge is 0.0983 e. The van der Waals surface area contributed by atoms with E-state index in [-0.39, 0.29) is 6.10 Å². The third-order valence-corrected chi connectivity index (χ3v) is 4.37. The third-order valence-electron chi connectivity index (χ3n) is 4.37. The normalized spacial score (nSPS) is 17.1. The van der Waals surface area contributed by atoms with Crippen molar-refractivity contribution in [3.63, 3.8) is 0 Å². The second-order valence-electron chi connectivity index (χ2n) is 6.68. The van der Waals surface area contributed by atoms with E-state index < -0.39 is 0 Å². The highest BCUT2D eigenvalue weighted by Gasteiger charge is 2.18. The Morgan fingerprint density at radius 1 is 1.36 bits per heavy atom. The minimum atomic E-state index is -0.374. The lowest BCUT2D eigenvalue weighted by Gasteiger charge is -2.30. The van der Waals surface area contributed by atoms with Gasteiger partial charge in [-0.2, -0.15) is 5.10 Å². The molecule has 1 atom stereocenters. The van der Waals surface area contributed by atoms with Gasteiger partial charge in [-0.05, 0) is 19.2 Å². The van der Waals surface area contributed by atoms with Crippen molar-refractivity contribution in [2.45, 2.75) is 12.6 Å². The number of β-amino-alcohol motifs (C(OH)–C–C–N with tert-alkyl or cyclic N) is 1. The third kappa shape index (κ3) is 5.09. The Kier molecular flexibility index (Phi) is 6.14. The molecule has 0 aromatic carbocycles. The first-order chi connectivity index (χ1) is 12.1. The molecule has 7 heteroatoms. The van der Waals surface area contributed by atoms with E-state index >= 15 is 0 Å². The summed E-state index contributed by atoms with van der Waals surface area (Å²) in [5.41, 5.74) is 3.10. The summed E-state index contributed by atoms with van der Waals surface area (Å²) >= 11 is 0. The topological polar surface area (TPSA) is 66.7 Å². The van der Waals surface area contributed by atoms with Crippen molar-refractivity contribution < 1.29 is 9.84 Å². The summed E-state index contributed by atoms with van der Waals surface area (Å²) in [5, 5.41) is 15.0. The Bertz CT molecular complexity index is 655. The van der Waals surface area contributed by atoms with Gasteiger partial charge in [0.2, 0.25) is 0 Å². The molecular formula is C18H27N5O2. The van der Waals surface area contributed by atoms with Crippen LogP contribution in [0.4, 0.5) is 0 Å². The summed E-state index contributed by atoms with van der Waals surface area (Å²) in [6.07, 6.45) is 5.26. The van der Waals surface area contributed by atoms with Crippen LogP contribution in [0.5, 0.6) is 0 Å². The Hall–Kier alpha value is -1.80. The van der Waals surface area contributed by atoms with Crippen LogP contribution in [0.25, 0.3) is 11.3 Å². The van der Waals surface area contributed by atoms with E-state index in [1.54, 1.807) is 6.20 Å². The van der Waals surface area contributed by atoms with Gasteiger partial charge >= 0.3 is 0 Å². The molecule has 25 heavy (non-hydrogen) atoms. The molecular weight excluding hydrogens is 318 g/mol. The van der Waals surface area contributed by atoms with Crippen LogP contribution in [0, 0.1) is 0 Å². The highest BCUT2D eigenvalue weighted by atomic mass is 16.5. The summed E-state index contributed by atoms with van der Waals surface area (Å²) in [6.45, 7) is 5.36. The molecule has 0 bridgehead atoms. The number of aryl methyl sites for hydroxylation is 1. The largest absolute Gasteiger partial charge is 0.390 e. The second-order valence-corrected chi connectivity index (χ2v) is 6.68. The van der Waals surface area contributed by atoms with Gasteiger partial charge in [0.25, 0.3) is 0 Å². The van der Waals surface area contributed by atoms with E-state index in [0.717, 1.165) is 49.7 Å². The minimum Gasteiger partial charge on any atom is -0.390 e. The van der Waals surface area contributed by atoms with Crippen LogP contribution in [0.1, 0.15) is 5.56 Å². The monoisotopic (exact) mass is 345 g/mol. The average molecular weight is 345 g/mol. The lowest BCUT2D eigenvalue weighted by Crippen LogP contribution is -2.43. The van der Waals surface area contributed by atoms with Crippen LogP contribution in [0.2, 0.25) is 0 Å². The summed E-state index contributed by atoms with van der Waals surface area (Å²) in [7, 11) is 3.96. The number of hydrogen-bond donors (Lipinski definition) is 1. The van der Waals surface area contributed by atoms with Crippen LogP contribution in [0.15, 0.2) is 30.7 Å². The molecule has 1 saturated heterocycles. The van der Waals surface area contributed by atoms with Crippen molar-refractivity contribution in [1.29, 1.82) is 0 Å². The van der Waals surface area contributed by atoms with Gasteiger partial charge in [0.05, 0.1) is 25.0 Å². The average Bonchev–Trinajstić information content (AvgIpc) is 2.96. The van der Waals surface area contributed by atoms with Crippen LogP contribution in [0.3, 0.4) is 0 Å². The summed E-state index contributed by atoms with van der Waals surface area (Å²) < 4.78 is 7.18. The number of ether oxygens (including phenoxy) is 1. The highest BCUT2D eigenvalue weighted by Crippen LogP contribution is 2.22. The van der Waals surface area contributed by atoms with Crippen LogP contribution >= 0.6 is 0 Å². The van der Waals surface area contributed by atoms with Crippen LogP contribution in [-0.4, -0.2) is 82.2 Å². The maximum absolute atomic E-state index is 10.4. The maximum atomic E-state index is 10.4. The number of aliphatic hydroxyl groups is 1. The number of aliphatic hydroxyl groups excluding tert-OH is 1. The minimum absolute atomic E-state index is 0.374. The second kappa shape index (κ2) is 8.53. The lowest BCUT2D eigenvalue weighted by molar-refractivity contribution is 0.00826. The SMILES string of the molecule is CN(Cc1cn(C)nc1-c1cccnc1)CC(O)CN1CCOCC1. The molecule has 2 aromatic heterocycles. The molecule has 1 N–H and O–H groups in total. The van der Waals surface area contributed by atoms with Crippen molar-refractivity contribution in [2.24, 2.45) is 7.05 Å². The van der Waals surface area contributed by atoms with E-state index in [2.05, 4.69) is 19.9 Å². The van der Waals surface area contributed by atoms with Gasteiger partial charge in [-0.3, -0.25) is 19.5 Å². The van der Waals surface area contributed by atoms with Crippen LogP contribution in [-0.2, 0) is 18.3 Å². The van der Waals surface area contributed by atoms with Gasteiger partial charge < -0.3 is 9.84 Å². The number of likely N-dealkylation sites (N-methyl/N-ethyl adjacent to an activating group) is 1. The number of aromatic nitrogens is 3. The van der Waals surface area contributed by atoms with Gasteiger partial charge in [-0.25, -0.2) is 0 Å². The summed E-state index contributed by atoms with van der Waals surface area (Å²) in [6, 6.07) is 3.94. The summed E-state index contributed by atoms with van der Waals surface area (Å²) in [5.74, 6) is 0. The predicted octanol–water partition coefficient (Wildman–Crippen LogP) is 0.607. The Morgan fingerprint density at radius 3 is 2.88 bits per heavy atom.